The first-order valence-corrected chi connectivity index (χ1v) is 5.99. The van der Waals surface area contributed by atoms with Gasteiger partial charge in [0.05, 0.1) is 12.7 Å². The Bertz CT molecular complexity index is 622. The number of hydrogen-bond acceptors (Lipinski definition) is 3. The van der Waals surface area contributed by atoms with Gasteiger partial charge in [-0.2, -0.15) is 5.10 Å². The molecule has 0 amide bonds. The number of aryl methyl sites for hydroxylation is 1. The van der Waals surface area contributed by atoms with E-state index < -0.39 is 0 Å². The Balaban J connectivity index is 2.31. The van der Waals surface area contributed by atoms with Crippen molar-refractivity contribution in [1.82, 2.24) is 9.78 Å². The maximum atomic E-state index is 11.7. The number of rotatable bonds is 3. The van der Waals surface area contributed by atoms with Gasteiger partial charge in [0, 0.05) is 17.6 Å². The summed E-state index contributed by atoms with van der Waals surface area (Å²) in [6.45, 7) is 2.65. The van der Waals surface area contributed by atoms with E-state index in [1.165, 1.54) is 4.68 Å². The van der Waals surface area contributed by atoms with Crippen LogP contribution in [-0.2, 0) is 13.1 Å². The molecular weight excluding hydrogens is 250 g/mol. The summed E-state index contributed by atoms with van der Waals surface area (Å²) in [7, 11) is 0. The molecule has 0 saturated carbocycles. The topological polar surface area (TPSA) is 60.9 Å². The van der Waals surface area contributed by atoms with E-state index in [4.69, 9.17) is 17.3 Å². The minimum Gasteiger partial charge on any atom is -0.326 e. The fourth-order valence-corrected chi connectivity index (χ4v) is 1.91. The Labute approximate surface area is 110 Å². The Morgan fingerprint density at radius 2 is 2.17 bits per heavy atom. The van der Waals surface area contributed by atoms with Crippen LogP contribution in [-0.4, -0.2) is 9.78 Å². The predicted octanol–water partition coefficient (Wildman–Crippen LogP) is 1.71. The van der Waals surface area contributed by atoms with Crippen molar-refractivity contribution >= 4 is 11.6 Å². The monoisotopic (exact) mass is 263 g/mol. The second-order valence-corrected chi connectivity index (χ2v) is 4.57. The van der Waals surface area contributed by atoms with Gasteiger partial charge in [-0.3, -0.25) is 4.79 Å². The first-order valence-electron chi connectivity index (χ1n) is 5.61. The van der Waals surface area contributed by atoms with E-state index >= 15 is 0 Å². The first kappa shape index (κ1) is 12.8. The second-order valence-electron chi connectivity index (χ2n) is 4.16. The highest BCUT2D eigenvalue weighted by Crippen LogP contribution is 2.18. The van der Waals surface area contributed by atoms with Crippen molar-refractivity contribution in [2.24, 2.45) is 5.73 Å². The molecule has 18 heavy (non-hydrogen) atoms. The minimum absolute atomic E-state index is 0.131. The largest absolute Gasteiger partial charge is 0.326 e. The molecule has 0 radical (unpaired) electrons. The van der Waals surface area contributed by atoms with Crippen LogP contribution < -0.4 is 11.3 Å². The fourth-order valence-electron chi connectivity index (χ4n) is 1.65. The Morgan fingerprint density at radius 1 is 1.39 bits per heavy atom. The lowest BCUT2D eigenvalue weighted by Crippen LogP contribution is -2.22. The summed E-state index contributed by atoms with van der Waals surface area (Å²) in [5, 5.41) is 4.68. The number of aromatic nitrogens is 2. The standard InChI is InChI=1S/C13H14ClN3O/c1-9-4-13(18)17(16-7-9)8-11-3-2-10(6-15)5-12(11)14/h2-5,7H,6,8,15H2,1H3. The zero-order chi connectivity index (χ0) is 13.1. The van der Waals surface area contributed by atoms with Gasteiger partial charge >= 0.3 is 0 Å². The lowest BCUT2D eigenvalue weighted by Gasteiger charge is -2.08. The maximum absolute atomic E-state index is 11.7. The van der Waals surface area contributed by atoms with Crippen LogP contribution in [0.25, 0.3) is 0 Å². The molecule has 0 bridgehead atoms. The fraction of sp³-hybridized carbons (Fsp3) is 0.231. The Morgan fingerprint density at radius 3 is 2.78 bits per heavy atom. The molecule has 2 N–H and O–H groups in total. The number of halogens is 1. The normalized spacial score (nSPS) is 10.6. The van der Waals surface area contributed by atoms with Gasteiger partial charge in [-0.05, 0) is 29.7 Å². The molecule has 5 heteroatoms. The summed E-state index contributed by atoms with van der Waals surface area (Å²) >= 11 is 6.14. The van der Waals surface area contributed by atoms with Gasteiger partial charge in [-0.1, -0.05) is 23.7 Å². The molecule has 94 valence electrons. The van der Waals surface area contributed by atoms with E-state index in [-0.39, 0.29) is 5.56 Å². The number of hydrogen-bond donors (Lipinski definition) is 1. The molecule has 0 aliphatic rings. The van der Waals surface area contributed by atoms with E-state index in [0.717, 1.165) is 16.7 Å². The molecule has 0 unspecified atom stereocenters. The lowest BCUT2D eigenvalue weighted by atomic mass is 10.1. The summed E-state index contributed by atoms with van der Waals surface area (Å²) < 4.78 is 1.39. The van der Waals surface area contributed by atoms with Crippen LogP contribution in [0.15, 0.2) is 35.3 Å². The third-order valence-electron chi connectivity index (χ3n) is 2.68. The molecule has 1 heterocycles. The zero-order valence-electron chi connectivity index (χ0n) is 10.1. The molecule has 1 aromatic carbocycles. The molecule has 2 aromatic rings. The van der Waals surface area contributed by atoms with Crippen molar-refractivity contribution in [2.75, 3.05) is 0 Å². The van der Waals surface area contributed by atoms with E-state index in [1.54, 1.807) is 12.3 Å². The van der Waals surface area contributed by atoms with Crippen molar-refractivity contribution in [2.45, 2.75) is 20.0 Å². The quantitative estimate of drug-likeness (QED) is 0.917. The van der Waals surface area contributed by atoms with Crippen molar-refractivity contribution in [3.63, 3.8) is 0 Å². The number of nitrogens with two attached hydrogens (primary N) is 1. The SMILES string of the molecule is Cc1cnn(Cc2ccc(CN)cc2Cl)c(=O)c1. The molecule has 0 aliphatic carbocycles. The molecule has 0 aliphatic heterocycles. The highest BCUT2D eigenvalue weighted by Gasteiger charge is 2.04. The van der Waals surface area contributed by atoms with Crippen molar-refractivity contribution in [3.05, 3.63) is 62.5 Å². The average molecular weight is 264 g/mol. The third-order valence-corrected chi connectivity index (χ3v) is 3.03. The van der Waals surface area contributed by atoms with E-state index in [2.05, 4.69) is 5.10 Å². The van der Waals surface area contributed by atoms with Crippen LogP contribution in [0.4, 0.5) is 0 Å². The Kier molecular flexibility index (Phi) is 3.79. The first-order chi connectivity index (χ1) is 8.60. The van der Waals surface area contributed by atoms with Crippen LogP contribution in [0.5, 0.6) is 0 Å². The predicted molar refractivity (Wildman–Crippen MR) is 71.7 cm³/mol. The molecular formula is C13H14ClN3O. The van der Waals surface area contributed by atoms with Crippen LogP contribution >= 0.6 is 11.6 Å². The zero-order valence-corrected chi connectivity index (χ0v) is 10.8. The van der Waals surface area contributed by atoms with Crippen LogP contribution in [0, 0.1) is 6.92 Å². The number of nitrogens with zero attached hydrogens (tertiary/aromatic N) is 2. The van der Waals surface area contributed by atoms with Gasteiger partial charge in [-0.15, -0.1) is 0 Å². The average Bonchev–Trinajstić information content (AvgIpc) is 2.34. The summed E-state index contributed by atoms with van der Waals surface area (Å²) in [5.41, 5.74) is 8.07. The second kappa shape index (κ2) is 5.33. The molecule has 0 atom stereocenters. The van der Waals surface area contributed by atoms with Crippen LogP contribution in [0.2, 0.25) is 5.02 Å². The van der Waals surface area contributed by atoms with Gasteiger partial charge < -0.3 is 5.73 Å². The van der Waals surface area contributed by atoms with Gasteiger partial charge in [-0.25, -0.2) is 4.68 Å². The van der Waals surface area contributed by atoms with Gasteiger partial charge in [0.2, 0.25) is 0 Å². The highest BCUT2D eigenvalue weighted by molar-refractivity contribution is 6.31. The molecule has 0 saturated heterocycles. The lowest BCUT2D eigenvalue weighted by molar-refractivity contribution is 0.636. The summed E-state index contributed by atoms with van der Waals surface area (Å²) in [4.78, 5) is 11.7. The molecule has 2 rings (SSSR count). The van der Waals surface area contributed by atoms with Crippen LogP contribution in [0.3, 0.4) is 0 Å². The number of benzene rings is 1. The van der Waals surface area contributed by atoms with Crippen LogP contribution in [0.1, 0.15) is 16.7 Å². The van der Waals surface area contributed by atoms with Crippen molar-refractivity contribution < 1.29 is 0 Å². The van der Waals surface area contributed by atoms with Gasteiger partial charge in [0.25, 0.3) is 5.56 Å². The highest BCUT2D eigenvalue weighted by atomic mass is 35.5. The molecule has 1 aromatic heterocycles. The van der Waals surface area contributed by atoms with E-state index in [0.29, 0.717) is 18.1 Å². The Hall–Kier alpha value is -1.65. The molecule has 0 fully saturated rings. The summed E-state index contributed by atoms with van der Waals surface area (Å²) in [6, 6.07) is 7.14. The van der Waals surface area contributed by atoms with E-state index in [9.17, 15) is 4.79 Å². The minimum atomic E-state index is -0.131. The van der Waals surface area contributed by atoms with Gasteiger partial charge in [0.15, 0.2) is 0 Å². The van der Waals surface area contributed by atoms with Gasteiger partial charge in [0.1, 0.15) is 0 Å². The maximum Gasteiger partial charge on any atom is 0.267 e. The molecule has 0 spiro atoms. The van der Waals surface area contributed by atoms with Crippen molar-refractivity contribution in [1.29, 1.82) is 0 Å². The third kappa shape index (κ3) is 2.78. The van der Waals surface area contributed by atoms with Crippen molar-refractivity contribution in [3.8, 4) is 0 Å². The smallest absolute Gasteiger partial charge is 0.267 e. The molecule has 4 nitrogen and oxygen atoms in total. The summed E-state index contributed by atoms with van der Waals surface area (Å²) in [6.07, 6.45) is 1.66. The summed E-state index contributed by atoms with van der Waals surface area (Å²) in [5.74, 6) is 0. The van der Waals surface area contributed by atoms with E-state index in [1.807, 2.05) is 25.1 Å².